The Morgan fingerprint density at radius 3 is 2.45 bits per heavy atom. The first-order chi connectivity index (χ1) is 10.4. The number of phenols is 1. The topological polar surface area (TPSA) is 93.1 Å². The average molecular weight is 304 g/mol. The molecule has 1 aromatic rings. The summed E-state index contributed by atoms with van der Waals surface area (Å²) in [6.45, 7) is 3.29. The van der Waals surface area contributed by atoms with Crippen molar-refractivity contribution in [3.63, 3.8) is 0 Å². The van der Waals surface area contributed by atoms with Gasteiger partial charge in [0.15, 0.2) is 11.6 Å². The molecule has 6 heteroatoms. The molecule has 3 atom stereocenters. The highest BCUT2D eigenvalue weighted by Crippen LogP contribution is 2.40. The van der Waals surface area contributed by atoms with Crippen LogP contribution in [-0.4, -0.2) is 47.2 Å². The van der Waals surface area contributed by atoms with Gasteiger partial charge in [-0.1, -0.05) is 0 Å². The summed E-state index contributed by atoms with van der Waals surface area (Å²) in [6.07, 6.45) is -2.39. The second-order valence-corrected chi connectivity index (χ2v) is 5.48. The largest absolute Gasteiger partial charge is 0.507 e. The number of aromatic hydroxyl groups is 1. The summed E-state index contributed by atoms with van der Waals surface area (Å²) in [5, 5.41) is 20.3. The van der Waals surface area contributed by atoms with Gasteiger partial charge in [-0.3, -0.25) is 9.59 Å². The number of rotatable bonds is 1. The van der Waals surface area contributed by atoms with Gasteiger partial charge < -0.3 is 19.7 Å². The van der Waals surface area contributed by atoms with Crippen molar-refractivity contribution in [2.45, 2.75) is 32.2 Å². The van der Waals surface area contributed by atoms with Gasteiger partial charge in [0.05, 0.1) is 24.9 Å². The van der Waals surface area contributed by atoms with Gasteiger partial charge >= 0.3 is 0 Å². The molecule has 0 fully saturated rings. The Hall–Kier alpha value is -2.18. The van der Waals surface area contributed by atoms with E-state index in [1.54, 1.807) is 13.8 Å². The van der Waals surface area contributed by atoms with Crippen LogP contribution < -0.4 is 4.74 Å². The van der Waals surface area contributed by atoms with Crippen molar-refractivity contribution in [3.8, 4) is 11.5 Å². The minimum atomic E-state index is -1.18. The molecule has 1 heterocycles. The van der Waals surface area contributed by atoms with Crippen LogP contribution in [0.25, 0.3) is 0 Å². The molecule has 22 heavy (non-hydrogen) atoms. The minimum Gasteiger partial charge on any atom is -0.507 e. The zero-order valence-corrected chi connectivity index (χ0v) is 12.4. The molecule has 3 rings (SSSR count). The van der Waals surface area contributed by atoms with Gasteiger partial charge in [0.1, 0.15) is 17.6 Å². The fraction of sp³-hybridized carbons (Fsp3) is 0.375. The Morgan fingerprint density at radius 2 is 1.82 bits per heavy atom. The van der Waals surface area contributed by atoms with Crippen molar-refractivity contribution in [3.05, 3.63) is 34.4 Å². The molecule has 0 radical (unpaired) electrons. The van der Waals surface area contributed by atoms with Crippen molar-refractivity contribution in [2.75, 3.05) is 7.11 Å². The highest BCUT2D eigenvalue weighted by molar-refractivity contribution is 6.28. The maximum Gasteiger partial charge on any atom is 0.196 e. The minimum absolute atomic E-state index is 0.0425. The molecule has 0 aromatic heterocycles. The van der Waals surface area contributed by atoms with Crippen LogP contribution in [0.4, 0.5) is 0 Å². The molecule has 1 aliphatic heterocycles. The highest BCUT2D eigenvalue weighted by Gasteiger charge is 2.44. The third-order valence-electron chi connectivity index (χ3n) is 4.14. The van der Waals surface area contributed by atoms with Crippen LogP contribution in [0.1, 0.15) is 34.6 Å². The van der Waals surface area contributed by atoms with E-state index in [0.29, 0.717) is 0 Å². The van der Waals surface area contributed by atoms with Gasteiger partial charge in [0, 0.05) is 22.8 Å². The summed E-state index contributed by atoms with van der Waals surface area (Å²) >= 11 is 0. The second-order valence-electron chi connectivity index (χ2n) is 5.48. The van der Waals surface area contributed by atoms with E-state index in [0.717, 1.165) is 0 Å². The maximum atomic E-state index is 12.7. The standard InChI is InChI=1S/C16H16O6/c1-6-11-13(14(18)7(2)22-6)15(19)9-4-8(21-3)5-10(17)12(9)16(11)20/h4-7,14,17-18H,1-3H3/t6-,7?,14-/m1/s1. The number of aliphatic hydroxyl groups excluding tert-OH is 1. The monoisotopic (exact) mass is 304 g/mol. The lowest BCUT2D eigenvalue weighted by Gasteiger charge is -2.36. The van der Waals surface area contributed by atoms with E-state index in [1.807, 2.05) is 0 Å². The van der Waals surface area contributed by atoms with Crippen LogP contribution in [0, 0.1) is 0 Å². The van der Waals surface area contributed by atoms with Crippen LogP contribution in [0.15, 0.2) is 23.3 Å². The number of hydrogen-bond donors (Lipinski definition) is 2. The van der Waals surface area contributed by atoms with Crippen molar-refractivity contribution in [1.29, 1.82) is 0 Å². The average Bonchev–Trinajstić information content (AvgIpc) is 2.47. The number of carbonyl (C=O) groups excluding carboxylic acids is 2. The number of methoxy groups -OCH3 is 1. The van der Waals surface area contributed by atoms with E-state index in [4.69, 9.17) is 9.47 Å². The maximum absolute atomic E-state index is 12.7. The molecule has 116 valence electrons. The Kier molecular flexibility index (Phi) is 3.30. The Balaban J connectivity index is 2.26. The van der Waals surface area contributed by atoms with Crippen molar-refractivity contribution < 1.29 is 29.3 Å². The fourth-order valence-corrected chi connectivity index (χ4v) is 3.06. The van der Waals surface area contributed by atoms with E-state index in [-0.39, 0.29) is 33.8 Å². The van der Waals surface area contributed by atoms with Gasteiger partial charge in [0.2, 0.25) is 0 Å². The van der Waals surface area contributed by atoms with Gasteiger partial charge in [0.25, 0.3) is 0 Å². The summed E-state index contributed by atoms with van der Waals surface area (Å²) in [5.41, 5.74) is 0.141. The number of hydrogen-bond acceptors (Lipinski definition) is 6. The summed E-state index contributed by atoms with van der Waals surface area (Å²) in [4.78, 5) is 25.4. The quantitative estimate of drug-likeness (QED) is 0.811. The number of phenolic OH excluding ortho intramolecular Hbond substituents is 1. The van der Waals surface area contributed by atoms with Gasteiger partial charge in [-0.2, -0.15) is 0 Å². The summed E-state index contributed by atoms with van der Waals surface area (Å²) < 4.78 is 10.5. The molecular formula is C16H16O6. The third kappa shape index (κ3) is 1.88. The predicted molar refractivity (Wildman–Crippen MR) is 76.4 cm³/mol. The second kappa shape index (κ2) is 4.93. The molecule has 1 aliphatic carbocycles. The first kappa shape index (κ1) is 14.7. The van der Waals surface area contributed by atoms with E-state index >= 15 is 0 Å². The first-order valence-electron chi connectivity index (χ1n) is 6.94. The van der Waals surface area contributed by atoms with E-state index in [1.165, 1.54) is 19.2 Å². The Labute approximate surface area is 127 Å². The molecule has 0 spiro atoms. The molecule has 1 aromatic carbocycles. The lowest BCUT2D eigenvalue weighted by Crippen LogP contribution is -2.45. The first-order valence-corrected chi connectivity index (χ1v) is 6.94. The number of ketones is 2. The summed E-state index contributed by atoms with van der Waals surface area (Å²) in [6, 6.07) is 2.68. The van der Waals surface area contributed by atoms with E-state index in [2.05, 4.69) is 0 Å². The number of aliphatic hydroxyl groups is 1. The number of Topliss-reactive ketones (excluding diaryl/α,β-unsaturated/α-hetero) is 2. The van der Waals surface area contributed by atoms with Crippen LogP contribution in [0.5, 0.6) is 11.5 Å². The van der Waals surface area contributed by atoms with Crippen LogP contribution in [0.3, 0.4) is 0 Å². The van der Waals surface area contributed by atoms with Crippen LogP contribution in [-0.2, 0) is 4.74 Å². The molecule has 6 nitrogen and oxygen atoms in total. The normalized spacial score (nSPS) is 27.5. The Bertz CT molecular complexity index is 718. The molecule has 0 amide bonds. The number of ether oxygens (including phenoxy) is 2. The fourth-order valence-electron chi connectivity index (χ4n) is 3.06. The zero-order chi connectivity index (χ0) is 16.2. The molecule has 1 unspecified atom stereocenters. The Morgan fingerprint density at radius 1 is 1.14 bits per heavy atom. The molecule has 0 saturated carbocycles. The molecular weight excluding hydrogens is 288 g/mol. The highest BCUT2D eigenvalue weighted by atomic mass is 16.5. The predicted octanol–water partition coefficient (Wildman–Crippen LogP) is 1.24. The molecule has 2 aliphatic rings. The lowest BCUT2D eigenvalue weighted by molar-refractivity contribution is -0.0493. The molecule has 0 bridgehead atoms. The third-order valence-corrected chi connectivity index (χ3v) is 4.14. The van der Waals surface area contributed by atoms with Crippen LogP contribution in [0.2, 0.25) is 0 Å². The summed E-state index contributed by atoms with van der Waals surface area (Å²) in [5.74, 6) is -1.03. The van der Waals surface area contributed by atoms with Crippen molar-refractivity contribution in [1.82, 2.24) is 0 Å². The van der Waals surface area contributed by atoms with Crippen molar-refractivity contribution >= 4 is 11.6 Å². The van der Waals surface area contributed by atoms with Crippen molar-refractivity contribution in [2.24, 2.45) is 0 Å². The van der Waals surface area contributed by atoms with Gasteiger partial charge in [-0.05, 0) is 19.9 Å². The number of carbonyl (C=O) groups is 2. The van der Waals surface area contributed by atoms with E-state index < -0.39 is 29.9 Å². The number of benzene rings is 1. The molecule has 0 saturated heterocycles. The number of fused-ring (bicyclic) bond motifs is 1. The van der Waals surface area contributed by atoms with Gasteiger partial charge in [-0.25, -0.2) is 0 Å². The lowest BCUT2D eigenvalue weighted by atomic mass is 9.77. The SMILES string of the molecule is COc1cc(O)c2c(c1)C(=O)C1=C(C2=O)[C@@H](C)OC(C)[C@H]1O. The van der Waals surface area contributed by atoms with E-state index in [9.17, 15) is 19.8 Å². The van der Waals surface area contributed by atoms with Gasteiger partial charge in [-0.15, -0.1) is 0 Å². The smallest absolute Gasteiger partial charge is 0.196 e. The van der Waals surface area contributed by atoms with Crippen LogP contribution >= 0.6 is 0 Å². The molecule has 2 N–H and O–H groups in total. The zero-order valence-electron chi connectivity index (χ0n) is 12.4. The summed E-state index contributed by atoms with van der Waals surface area (Å²) in [7, 11) is 1.40.